The van der Waals surface area contributed by atoms with Crippen LogP contribution in [0.5, 0.6) is 5.75 Å². The van der Waals surface area contributed by atoms with Crippen molar-refractivity contribution >= 4 is 5.91 Å². The number of nitriles is 1. The van der Waals surface area contributed by atoms with Crippen molar-refractivity contribution in [2.75, 3.05) is 26.4 Å². The number of ether oxygens (including phenoxy) is 2. The van der Waals surface area contributed by atoms with Crippen molar-refractivity contribution in [1.82, 2.24) is 5.32 Å². The monoisotopic (exact) mass is 260 g/mol. The van der Waals surface area contributed by atoms with E-state index in [4.69, 9.17) is 14.7 Å². The molecule has 100 valence electrons. The van der Waals surface area contributed by atoms with E-state index in [2.05, 4.69) is 12.2 Å². The molecule has 0 atom stereocenters. The molecule has 1 aliphatic heterocycles. The highest BCUT2D eigenvalue weighted by Gasteiger charge is 2.33. The molecule has 1 N–H and O–H groups in total. The predicted molar refractivity (Wildman–Crippen MR) is 68.6 cm³/mol. The summed E-state index contributed by atoms with van der Waals surface area (Å²) in [6, 6.07) is 8.67. The van der Waals surface area contributed by atoms with Gasteiger partial charge in [-0.15, -0.1) is 0 Å². The van der Waals surface area contributed by atoms with E-state index >= 15 is 0 Å². The lowest BCUT2D eigenvalue weighted by Crippen LogP contribution is -2.49. The SMILES string of the molecule is CC1(CNC(=O)COc2ccc(C#N)cc2)COC1. The van der Waals surface area contributed by atoms with Crippen molar-refractivity contribution in [3.8, 4) is 11.8 Å². The van der Waals surface area contributed by atoms with Crippen LogP contribution in [0.4, 0.5) is 0 Å². The number of hydrogen-bond acceptors (Lipinski definition) is 4. The zero-order valence-corrected chi connectivity index (χ0v) is 10.8. The summed E-state index contributed by atoms with van der Waals surface area (Å²) in [4.78, 5) is 11.6. The number of carbonyl (C=O) groups excluding carboxylic acids is 1. The molecular formula is C14H16N2O3. The molecule has 1 amide bonds. The number of nitrogens with zero attached hydrogens (tertiary/aromatic N) is 1. The quantitative estimate of drug-likeness (QED) is 0.860. The van der Waals surface area contributed by atoms with Crippen molar-refractivity contribution in [2.24, 2.45) is 5.41 Å². The molecule has 1 saturated heterocycles. The number of benzene rings is 1. The van der Waals surface area contributed by atoms with Crippen molar-refractivity contribution in [2.45, 2.75) is 6.92 Å². The van der Waals surface area contributed by atoms with Gasteiger partial charge in [-0.2, -0.15) is 5.26 Å². The Morgan fingerprint density at radius 3 is 2.68 bits per heavy atom. The summed E-state index contributed by atoms with van der Waals surface area (Å²) in [7, 11) is 0. The highest BCUT2D eigenvalue weighted by molar-refractivity contribution is 5.77. The van der Waals surface area contributed by atoms with Crippen LogP contribution in [-0.2, 0) is 9.53 Å². The topological polar surface area (TPSA) is 71.3 Å². The molecule has 5 heteroatoms. The summed E-state index contributed by atoms with van der Waals surface area (Å²) < 4.78 is 10.4. The maximum atomic E-state index is 11.6. The maximum absolute atomic E-state index is 11.6. The highest BCUT2D eigenvalue weighted by atomic mass is 16.5. The molecule has 5 nitrogen and oxygen atoms in total. The Bertz CT molecular complexity index is 486. The minimum absolute atomic E-state index is 0.0250. The van der Waals surface area contributed by atoms with Gasteiger partial charge in [0.1, 0.15) is 5.75 Å². The van der Waals surface area contributed by atoms with Crippen LogP contribution in [0, 0.1) is 16.7 Å². The largest absolute Gasteiger partial charge is 0.484 e. The molecule has 0 aromatic heterocycles. The Morgan fingerprint density at radius 2 is 2.16 bits per heavy atom. The number of nitrogens with one attached hydrogen (secondary N) is 1. The normalized spacial score (nSPS) is 16.0. The van der Waals surface area contributed by atoms with Gasteiger partial charge in [0.05, 0.1) is 24.8 Å². The molecular weight excluding hydrogens is 244 g/mol. The van der Waals surface area contributed by atoms with Crippen LogP contribution in [0.25, 0.3) is 0 Å². The first-order valence-corrected chi connectivity index (χ1v) is 6.09. The van der Waals surface area contributed by atoms with E-state index in [-0.39, 0.29) is 17.9 Å². The third kappa shape index (κ3) is 3.70. The Hall–Kier alpha value is -2.06. The molecule has 1 aromatic rings. The standard InChI is InChI=1S/C14H16N2O3/c1-14(9-18-10-14)8-16-13(17)7-19-12-4-2-11(6-15)3-5-12/h2-5H,7-10H2,1H3,(H,16,17). The van der Waals surface area contributed by atoms with Gasteiger partial charge in [0.2, 0.25) is 0 Å². The smallest absolute Gasteiger partial charge is 0.257 e. The molecule has 0 saturated carbocycles. The molecule has 19 heavy (non-hydrogen) atoms. The second-order valence-electron chi connectivity index (χ2n) is 5.01. The predicted octanol–water partition coefficient (Wildman–Crippen LogP) is 1.09. The van der Waals surface area contributed by atoms with E-state index < -0.39 is 0 Å². The number of rotatable bonds is 5. The van der Waals surface area contributed by atoms with Gasteiger partial charge in [-0.05, 0) is 24.3 Å². The molecule has 1 heterocycles. The van der Waals surface area contributed by atoms with E-state index in [0.717, 1.165) is 0 Å². The van der Waals surface area contributed by atoms with Crippen molar-refractivity contribution < 1.29 is 14.3 Å². The number of carbonyl (C=O) groups is 1. The first kappa shape index (κ1) is 13.4. The summed E-state index contributed by atoms with van der Waals surface area (Å²) in [5.74, 6) is 0.421. The van der Waals surface area contributed by atoms with Crippen molar-refractivity contribution in [3.05, 3.63) is 29.8 Å². The third-order valence-electron chi connectivity index (χ3n) is 2.97. The average molecular weight is 260 g/mol. The highest BCUT2D eigenvalue weighted by Crippen LogP contribution is 2.24. The molecule has 2 rings (SSSR count). The maximum Gasteiger partial charge on any atom is 0.257 e. The summed E-state index contributed by atoms with van der Waals surface area (Å²) in [6.07, 6.45) is 0. The van der Waals surface area contributed by atoms with E-state index in [0.29, 0.717) is 31.1 Å². The van der Waals surface area contributed by atoms with Gasteiger partial charge < -0.3 is 14.8 Å². The van der Waals surface area contributed by atoms with Crippen LogP contribution in [-0.4, -0.2) is 32.3 Å². The second-order valence-corrected chi connectivity index (χ2v) is 5.01. The van der Waals surface area contributed by atoms with E-state index in [1.165, 1.54) is 0 Å². The van der Waals surface area contributed by atoms with E-state index in [1.54, 1.807) is 24.3 Å². The van der Waals surface area contributed by atoms with Gasteiger partial charge >= 0.3 is 0 Å². The fourth-order valence-electron chi connectivity index (χ4n) is 1.69. The molecule has 1 fully saturated rings. The molecule has 1 aliphatic rings. The van der Waals surface area contributed by atoms with Gasteiger partial charge in [-0.3, -0.25) is 4.79 Å². The van der Waals surface area contributed by atoms with Crippen molar-refractivity contribution in [1.29, 1.82) is 5.26 Å². The van der Waals surface area contributed by atoms with Crippen LogP contribution in [0.15, 0.2) is 24.3 Å². The molecule has 0 aliphatic carbocycles. The van der Waals surface area contributed by atoms with E-state index in [9.17, 15) is 4.79 Å². The summed E-state index contributed by atoms with van der Waals surface area (Å²) in [6.45, 7) is 4.01. The lowest BCUT2D eigenvalue weighted by molar-refractivity contribution is -0.128. The summed E-state index contributed by atoms with van der Waals surface area (Å²) in [5.41, 5.74) is 0.624. The van der Waals surface area contributed by atoms with Gasteiger partial charge in [0.25, 0.3) is 5.91 Å². The van der Waals surface area contributed by atoms with Gasteiger partial charge in [0, 0.05) is 12.0 Å². The zero-order chi connectivity index (χ0) is 13.7. The van der Waals surface area contributed by atoms with E-state index in [1.807, 2.05) is 6.07 Å². The van der Waals surface area contributed by atoms with Crippen molar-refractivity contribution in [3.63, 3.8) is 0 Å². The van der Waals surface area contributed by atoms with Gasteiger partial charge in [-0.1, -0.05) is 6.92 Å². The zero-order valence-electron chi connectivity index (χ0n) is 10.8. The van der Waals surface area contributed by atoms with Gasteiger partial charge in [-0.25, -0.2) is 0 Å². The Kier molecular flexibility index (Phi) is 4.03. The van der Waals surface area contributed by atoms with Gasteiger partial charge in [0.15, 0.2) is 6.61 Å². The first-order valence-electron chi connectivity index (χ1n) is 6.09. The minimum Gasteiger partial charge on any atom is -0.484 e. The van der Waals surface area contributed by atoms with Crippen LogP contribution in [0.2, 0.25) is 0 Å². The first-order chi connectivity index (χ1) is 9.11. The Morgan fingerprint density at radius 1 is 1.47 bits per heavy atom. The fourth-order valence-corrected chi connectivity index (χ4v) is 1.69. The lowest BCUT2D eigenvalue weighted by atomic mass is 9.89. The minimum atomic E-state index is -0.155. The number of hydrogen-bond donors (Lipinski definition) is 1. The van der Waals surface area contributed by atoms with Crippen LogP contribution >= 0.6 is 0 Å². The fraction of sp³-hybridized carbons (Fsp3) is 0.429. The lowest BCUT2D eigenvalue weighted by Gasteiger charge is -2.37. The summed E-state index contributed by atoms with van der Waals surface area (Å²) >= 11 is 0. The molecule has 1 aromatic carbocycles. The Balaban J connectivity index is 1.72. The molecule has 0 unspecified atom stereocenters. The molecule has 0 bridgehead atoms. The molecule has 0 spiro atoms. The third-order valence-corrected chi connectivity index (χ3v) is 2.97. The number of amides is 1. The van der Waals surface area contributed by atoms with Crippen LogP contribution in [0.1, 0.15) is 12.5 Å². The second kappa shape index (κ2) is 5.72. The van der Waals surface area contributed by atoms with Crippen LogP contribution < -0.4 is 10.1 Å². The molecule has 0 radical (unpaired) electrons. The average Bonchev–Trinajstić information content (AvgIpc) is 2.41. The van der Waals surface area contributed by atoms with Crippen LogP contribution in [0.3, 0.4) is 0 Å². The Labute approximate surface area is 112 Å². The summed E-state index contributed by atoms with van der Waals surface area (Å²) in [5, 5.41) is 11.5.